The Labute approximate surface area is 196 Å². The molecule has 0 radical (unpaired) electrons. The van der Waals surface area contributed by atoms with Crippen LogP contribution in [0.15, 0.2) is 36.4 Å². The first kappa shape index (κ1) is 22.8. The van der Waals surface area contributed by atoms with E-state index in [0.717, 1.165) is 31.6 Å². The summed E-state index contributed by atoms with van der Waals surface area (Å²) < 4.78 is 34.1. The van der Waals surface area contributed by atoms with E-state index in [9.17, 15) is 18.7 Å². The number of aromatic amines is 1. The van der Waals surface area contributed by atoms with Gasteiger partial charge in [-0.3, -0.25) is 9.69 Å². The lowest BCUT2D eigenvalue weighted by atomic mass is 10.1. The predicted octanol–water partition coefficient (Wildman–Crippen LogP) is 3.28. The second-order valence-electron chi connectivity index (χ2n) is 9.05. The van der Waals surface area contributed by atoms with Crippen LogP contribution in [-0.4, -0.2) is 72.4 Å². The Morgan fingerprint density at radius 1 is 1.21 bits per heavy atom. The molecule has 0 spiro atoms. The van der Waals surface area contributed by atoms with Gasteiger partial charge in [0.25, 0.3) is 5.91 Å². The van der Waals surface area contributed by atoms with E-state index in [1.54, 1.807) is 12.1 Å². The molecular weight excluding hydrogens is 442 g/mol. The van der Waals surface area contributed by atoms with Crippen molar-refractivity contribution < 1.29 is 23.4 Å². The van der Waals surface area contributed by atoms with Gasteiger partial charge in [-0.1, -0.05) is 6.07 Å². The molecule has 2 aliphatic heterocycles. The number of anilines is 2. The summed E-state index contributed by atoms with van der Waals surface area (Å²) in [5.74, 6) is -1.31. The van der Waals surface area contributed by atoms with Crippen LogP contribution < -0.4 is 10.2 Å². The third-order valence-corrected chi connectivity index (χ3v) is 6.75. The molecule has 0 aliphatic carbocycles. The number of H-pyrrole nitrogens is 1. The van der Waals surface area contributed by atoms with Crippen LogP contribution in [0.2, 0.25) is 0 Å². The van der Waals surface area contributed by atoms with Crippen molar-refractivity contribution in [3.05, 3.63) is 59.3 Å². The Morgan fingerprint density at radius 2 is 2.06 bits per heavy atom. The Morgan fingerprint density at radius 3 is 2.85 bits per heavy atom. The minimum absolute atomic E-state index is 0.00245. The third kappa shape index (κ3) is 4.51. The van der Waals surface area contributed by atoms with Crippen molar-refractivity contribution in [1.29, 1.82) is 0 Å². The maximum Gasteiger partial charge on any atom is 0.272 e. The molecule has 0 bridgehead atoms. The lowest BCUT2D eigenvalue weighted by Crippen LogP contribution is -2.49. The summed E-state index contributed by atoms with van der Waals surface area (Å²) in [5, 5.41) is 12.5. The summed E-state index contributed by atoms with van der Waals surface area (Å²) in [6.45, 7) is 5.42. The molecule has 9 heteroatoms. The van der Waals surface area contributed by atoms with Crippen molar-refractivity contribution in [1.82, 2.24) is 9.88 Å². The minimum Gasteiger partial charge on any atom is -0.394 e. The van der Waals surface area contributed by atoms with Gasteiger partial charge in [-0.05, 0) is 49.2 Å². The minimum atomic E-state index is -0.464. The second kappa shape index (κ2) is 9.32. The van der Waals surface area contributed by atoms with Crippen molar-refractivity contribution in [3.8, 4) is 0 Å². The van der Waals surface area contributed by atoms with E-state index in [1.165, 1.54) is 24.3 Å². The Balaban J connectivity index is 1.30. The van der Waals surface area contributed by atoms with Gasteiger partial charge >= 0.3 is 0 Å². The summed E-state index contributed by atoms with van der Waals surface area (Å²) in [5.41, 5.74) is 2.65. The number of hydrogen-bond acceptors (Lipinski definition) is 5. The van der Waals surface area contributed by atoms with Crippen molar-refractivity contribution in [2.24, 2.45) is 0 Å². The first-order chi connectivity index (χ1) is 16.4. The van der Waals surface area contributed by atoms with Crippen LogP contribution in [0.1, 0.15) is 22.5 Å². The van der Waals surface area contributed by atoms with Crippen molar-refractivity contribution in [2.75, 3.05) is 49.6 Å². The van der Waals surface area contributed by atoms with Gasteiger partial charge in [-0.25, -0.2) is 8.78 Å². The van der Waals surface area contributed by atoms with Crippen molar-refractivity contribution >= 4 is 28.2 Å². The molecule has 1 amide bonds. The molecule has 180 valence electrons. The molecule has 3 N–H and O–H groups in total. The smallest absolute Gasteiger partial charge is 0.272 e. The lowest BCUT2D eigenvalue weighted by molar-refractivity contribution is -0.0623. The summed E-state index contributed by atoms with van der Waals surface area (Å²) in [7, 11) is 0. The molecule has 2 saturated heterocycles. The molecule has 2 aromatic carbocycles. The van der Waals surface area contributed by atoms with E-state index in [0.29, 0.717) is 41.5 Å². The summed E-state index contributed by atoms with van der Waals surface area (Å²) in [4.78, 5) is 20.2. The number of rotatable bonds is 5. The monoisotopic (exact) mass is 470 g/mol. The molecular formula is C25H28F2N4O3. The number of aromatic nitrogens is 1. The molecule has 1 aromatic heterocycles. The van der Waals surface area contributed by atoms with E-state index in [4.69, 9.17) is 4.74 Å². The van der Waals surface area contributed by atoms with Gasteiger partial charge in [0.2, 0.25) is 0 Å². The summed E-state index contributed by atoms with van der Waals surface area (Å²) in [6, 6.07) is 9.29. The predicted molar refractivity (Wildman–Crippen MR) is 126 cm³/mol. The third-order valence-electron chi connectivity index (χ3n) is 6.75. The topological polar surface area (TPSA) is 80.8 Å². The molecule has 34 heavy (non-hydrogen) atoms. The van der Waals surface area contributed by atoms with E-state index in [2.05, 4.69) is 20.1 Å². The quantitative estimate of drug-likeness (QED) is 0.533. The first-order valence-corrected chi connectivity index (χ1v) is 11.5. The molecule has 2 atom stereocenters. The maximum absolute atomic E-state index is 14.5. The highest BCUT2D eigenvalue weighted by Crippen LogP contribution is 2.28. The number of aryl methyl sites for hydroxylation is 1. The Bertz CT molecular complexity index is 1180. The lowest BCUT2D eigenvalue weighted by Gasteiger charge is -2.36. The summed E-state index contributed by atoms with van der Waals surface area (Å²) in [6.07, 6.45) is 0.761. The molecule has 2 fully saturated rings. The number of aliphatic hydroxyl groups is 1. The highest BCUT2D eigenvalue weighted by molar-refractivity contribution is 6.06. The number of carbonyl (C=O) groups excluding carboxylic acids is 1. The van der Waals surface area contributed by atoms with Gasteiger partial charge in [-0.15, -0.1) is 0 Å². The van der Waals surface area contributed by atoms with Gasteiger partial charge in [0.1, 0.15) is 17.3 Å². The SMILES string of the molecule is Cc1ccc(F)c2cc(C(=O)Nc3cc(F)cc(N4CCC(N5CCOC(CO)C5)C4)c3)[nH]c12. The molecule has 3 heterocycles. The molecule has 3 aromatic rings. The highest BCUT2D eigenvalue weighted by atomic mass is 19.1. The standard InChI is InChI=1S/C25H28F2N4O3/c1-15-2-3-22(27)21-11-23(29-24(15)21)25(33)28-17-8-16(26)9-19(10-17)30-5-4-18(12-30)31-6-7-34-20(13-31)14-32/h2-3,8-11,18,20,29,32H,4-7,12-14H2,1H3,(H,28,33). The van der Waals surface area contributed by atoms with Crippen LogP contribution in [0.3, 0.4) is 0 Å². The average Bonchev–Trinajstić information content (AvgIpc) is 3.50. The Kier molecular flexibility index (Phi) is 6.24. The average molecular weight is 471 g/mol. The normalized spacial score (nSPS) is 21.4. The van der Waals surface area contributed by atoms with Gasteiger partial charge in [-0.2, -0.15) is 0 Å². The van der Waals surface area contributed by atoms with E-state index in [-0.39, 0.29) is 18.4 Å². The Hall–Kier alpha value is -3.01. The number of aliphatic hydroxyl groups excluding tert-OH is 1. The van der Waals surface area contributed by atoms with E-state index in [1.807, 2.05) is 6.92 Å². The van der Waals surface area contributed by atoms with Crippen LogP contribution in [0.25, 0.3) is 10.9 Å². The zero-order valence-electron chi connectivity index (χ0n) is 19.0. The van der Waals surface area contributed by atoms with Gasteiger partial charge in [0.05, 0.1) is 24.8 Å². The first-order valence-electron chi connectivity index (χ1n) is 11.5. The molecule has 2 aliphatic rings. The van der Waals surface area contributed by atoms with Crippen molar-refractivity contribution in [2.45, 2.75) is 25.5 Å². The molecule has 0 saturated carbocycles. The molecule has 5 rings (SSSR count). The number of carbonyl (C=O) groups is 1. The van der Waals surface area contributed by atoms with Gasteiger partial charge < -0.3 is 25.0 Å². The fourth-order valence-electron chi connectivity index (χ4n) is 4.93. The van der Waals surface area contributed by atoms with Crippen LogP contribution in [0.5, 0.6) is 0 Å². The summed E-state index contributed by atoms with van der Waals surface area (Å²) >= 11 is 0. The van der Waals surface area contributed by atoms with Crippen LogP contribution >= 0.6 is 0 Å². The fraction of sp³-hybridized carbons (Fsp3) is 0.400. The fourth-order valence-corrected chi connectivity index (χ4v) is 4.93. The number of benzene rings is 2. The number of nitrogens with one attached hydrogen (secondary N) is 2. The van der Waals surface area contributed by atoms with E-state index < -0.39 is 17.5 Å². The number of amides is 1. The number of hydrogen-bond donors (Lipinski definition) is 3. The van der Waals surface area contributed by atoms with Crippen LogP contribution in [0, 0.1) is 18.6 Å². The second-order valence-corrected chi connectivity index (χ2v) is 9.05. The molecule has 7 nitrogen and oxygen atoms in total. The number of fused-ring (bicyclic) bond motifs is 1. The van der Waals surface area contributed by atoms with Gasteiger partial charge in [0.15, 0.2) is 0 Å². The van der Waals surface area contributed by atoms with Crippen LogP contribution in [0.4, 0.5) is 20.2 Å². The number of ether oxygens (including phenoxy) is 1. The van der Waals surface area contributed by atoms with Gasteiger partial charge in [0, 0.05) is 49.0 Å². The number of halogens is 2. The molecule has 2 unspecified atom stereocenters. The van der Waals surface area contributed by atoms with E-state index >= 15 is 0 Å². The largest absolute Gasteiger partial charge is 0.394 e. The number of morpholine rings is 1. The van der Waals surface area contributed by atoms with Crippen molar-refractivity contribution in [3.63, 3.8) is 0 Å². The number of nitrogens with zero attached hydrogens (tertiary/aromatic N) is 2. The zero-order valence-corrected chi connectivity index (χ0v) is 19.0. The highest BCUT2D eigenvalue weighted by Gasteiger charge is 2.31. The zero-order chi connectivity index (χ0) is 23.8. The van der Waals surface area contributed by atoms with Crippen LogP contribution in [-0.2, 0) is 4.74 Å². The maximum atomic E-state index is 14.5.